The summed E-state index contributed by atoms with van der Waals surface area (Å²) in [4.78, 5) is 16.5. The van der Waals surface area contributed by atoms with Crippen LogP contribution in [0.5, 0.6) is 0 Å². The van der Waals surface area contributed by atoms with Crippen molar-refractivity contribution in [1.82, 2.24) is 5.48 Å². The van der Waals surface area contributed by atoms with Gasteiger partial charge in [0.15, 0.2) is 0 Å². The fourth-order valence-electron chi connectivity index (χ4n) is 2.08. The van der Waals surface area contributed by atoms with Gasteiger partial charge in [0.25, 0.3) is 0 Å². The van der Waals surface area contributed by atoms with E-state index in [2.05, 4.69) is 10.2 Å². The second-order valence-corrected chi connectivity index (χ2v) is 3.37. The molecular formula is C8H13NO3. The van der Waals surface area contributed by atoms with Crippen LogP contribution in [0.2, 0.25) is 0 Å². The topological polar surface area (TPSA) is 47.6 Å². The standard InChI is InChI=1S/C8H13NO3/c1-11-8(10)7-5-3-2-4-6(5)12-9-7/h5-7,9H,2-4H2,1H3/t5-,6+,7-/m1/s1. The van der Waals surface area contributed by atoms with Crippen molar-refractivity contribution in [3.63, 3.8) is 0 Å². The zero-order chi connectivity index (χ0) is 8.55. The van der Waals surface area contributed by atoms with Crippen LogP contribution in [0, 0.1) is 5.92 Å². The first-order valence-corrected chi connectivity index (χ1v) is 4.32. The van der Waals surface area contributed by atoms with E-state index in [0.717, 1.165) is 19.3 Å². The number of fused-ring (bicyclic) bond motifs is 1. The highest BCUT2D eigenvalue weighted by Gasteiger charge is 2.44. The van der Waals surface area contributed by atoms with Crippen molar-refractivity contribution < 1.29 is 14.4 Å². The average molecular weight is 171 g/mol. The molecule has 0 aromatic carbocycles. The molecule has 0 amide bonds. The quantitative estimate of drug-likeness (QED) is 0.574. The average Bonchev–Trinajstić information content (AvgIpc) is 2.62. The molecule has 1 saturated carbocycles. The van der Waals surface area contributed by atoms with Gasteiger partial charge in [0, 0.05) is 5.92 Å². The molecule has 4 nitrogen and oxygen atoms in total. The number of carbonyl (C=O) groups is 1. The second kappa shape index (κ2) is 3.03. The number of hydroxylamine groups is 1. The van der Waals surface area contributed by atoms with E-state index < -0.39 is 0 Å². The van der Waals surface area contributed by atoms with Gasteiger partial charge in [0.2, 0.25) is 0 Å². The molecule has 3 atom stereocenters. The summed E-state index contributed by atoms with van der Waals surface area (Å²) in [5.74, 6) is 0.127. The number of ether oxygens (including phenoxy) is 1. The summed E-state index contributed by atoms with van der Waals surface area (Å²) in [7, 11) is 1.41. The lowest BCUT2D eigenvalue weighted by Crippen LogP contribution is -2.36. The fraction of sp³-hybridized carbons (Fsp3) is 0.875. The largest absolute Gasteiger partial charge is 0.468 e. The van der Waals surface area contributed by atoms with Crippen LogP contribution in [-0.2, 0) is 14.4 Å². The summed E-state index contributed by atoms with van der Waals surface area (Å²) in [6.07, 6.45) is 3.52. The first-order valence-electron chi connectivity index (χ1n) is 4.32. The van der Waals surface area contributed by atoms with E-state index >= 15 is 0 Å². The lowest BCUT2D eigenvalue weighted by atomic mass is 9.98. The van der Waals surface area contributed by atoms with Crippen LogP contribution in [0.1, 0.15) is 19.3 Å². The zero-order valence-electron chi connectivity index (χ0n) is 7.08. The first kappa shape index (κ1) is 8.01. The van der Waals surface area contributed by atoms with Crippen molar-refractivity contribution in [2.75, 3.05) is 7.11 Å². The normalized spacial score (nSPS) is 39.6. The molecule has 0 aromatic rings. The van der Waals surface area contributed by atoms with E-state index in [1.165, 1.54) is 7.11 Å². The molecule has 0 spiro atoms. The summed E-state index contributed by atoms with van der Waals surface area (Å²) in [5, 5.41) is 0. The van der Waals surface area contributed by atoms with E-state index in [4.69, 9.17) is 4.84 Å². The van der Waals surface area contributed by atoms with Crippen LogP contribution in [0.4, 0.5) is 0 Å². The summed E-state index contributed by atoms with van der Waals surface area (Å²) in [5.41, 5.74) is 2.73. The summed E-state index contributed by atoms with van der Waals surface area (Å²) in [6.45, 7) is 0. The van der Waals surface area contributed by atoms with Gasteiger partial charge in [-0.3, -0.25) is 9.63 Å². The molecule has 2 fully saturated rings. The van der Waals surface area contributed by atoms with Gasteiger partial charge in [-0.2, -0.15) is 5.48 Å². The molecule has 1 saturated heterocycles. The Hall–Kier alpha value is -0.610. The van der Waals surface area contributed by atoms with Gasteiger partial charge < -0.3 is 4.74 Å². The summed E-state index contributed by atoms with van der Waals surface area (Å²) < 4.78 is 4.66. The molecule has 0 aromatic heterocycles. The van der Waals surface area contributed by atoms with Gasteiger partial charge in [-0.05, 0) is 12.8 Å². The van der Waals surface area contributed by atoms with Crippen molar-refractivity contribution in [2.24, 2.45) is 5.92 Å². The number of methoxy groups -OCH3 is 1. The fourth-order valence-corrected chi connectivity index (χ4v) is 2.08. The predicted molar refractivity (Wildman–Crippen MR) is 41.2 cm³/mol. The number of esters is 1. The van der Waals surface area contributed by atoms with Crippen LogP contribution in [0.3, 0.4) is 0 Å². The maximum absolute atomic E-state index is 11.2. The molecule has 0 unspecified atom stereocenters. The van der Waals surface area contributed by atoms with E-state index in [1.807, 2.05) is 0 Å². The molecule has 68 valence electrons. The smallest absolute Gasteiger partial charge is 0.325 e. The molecular weight excluding hydrogens is 158 g/mol. The highest BCUT2D eigenvalue weighted by atomic mass is 16.7. The maximum atomic E-state index is 11.2. The number of hydrogen-bond donors (Lipinski definition) is 1. The number of rotatable bonds is 1. The van der Waals surface area contributed by atoms with Crippen LogP contribution in [-0.4, -0.2) is 25.2 Å². The van der Waals surface area contributed by atoms with Gasteiger partial charge in [0.1, 0.15) is 6.04 Å². The molecule has 2 aliphatic rings. The lowest BCUT2D eigenvalue weighted by molar-refractivity contribution is -0.145. The first-order chi connectivity index (χ1) is 5.83. The lowest BCUT2D eigenvalue weighted by Gasteiger charge is -2.11. The Bertz CT molecular complexity index is 195. The molecule has 1 aliphatic carbocycles. The van der Waals surface area contributed by atoms with Crippen molar-refractivity contribution in [2.45, 2.75) is 31.4 Å². The monoisotopic (exact) mass is 171 g/mol. The third-order valence-electron chi connectivity index (χ3n) is 2.73. The second-order valence-electron chi connectivity index (χ2n) is 3.37. The minimum Gasteiger partial charge on any atom is -0.468 e. The van der Waals surface area contributed by atoms with Crippen LogP contribution >= 0.6 is 0 Å². The number of hydrogen-bond acceptors (Lipinski definition) is 4. The van der Waals surface area contributed by atoms with Gasteiger partial charge >= 0.3 is 5.97 Å². The summed E-state index contributed by atoms with van der Waals surface area (Å²) in [6, 6.07) is -0.234. The zero-order valence-corrected chi connectivity index (χ0v) is 7.08. The van der Waals surface area contributed by atoms with Gasteiger partial charge in [-0.1, -0.05) is 6.42 Å². The maximum Gasteiger partial charge on any atom is 0.325 e. The Kier molecular flexibility index (Phi) is 2.02. The number of nitrogens with one attached hydrogen (secondary N) is 1. The Morgan fingerprint density at radius 3 is 3.17 bits per heavy atom. The van der Waals surface area contributed by atoms with Crippen LogP contribution in [0.25, 0.3) is 0 Å². The molecule has 1 aliphatic heterocycles. The molecule has 1 N–H and O–H groups in total. The highest BCUT2D eigenvalue weighted by Crippen LogP contribution is 2.34. The number of carbonyl (C=O) groups excluding carboxylic acids is 1. The molecule has 4 heteroatoms. The van der Waals surface area contributed by atoms with Gasteiger partial charge in [-0.15, -0.1) is 0 Å². The highest BCUT2D eigenvalue weighted by molar-refractivity contribution is 5.76. The van der Waals surface area contributed by atoms with E-state index in [-0.39, 0.29) is 18.1 Å². The SMILES string of the molecule is COC(=O)[C@@H]1NO[C@H]2CCC[C@H]21. The van der Waals surface area contributed by atoms with Crippen molar-refractivity contribution in [1.29, 1.82) is 0 Å². The van der Waals surface area contributed by atoms with E-state index in [0.29, 0.717) is 5.92 Å². The Labute approximate surface area is 71.2 Å². The van der Waals surface area contributed by atoms with Gasteiger partial charge in [-0.25, -0.2) is 0 Å². The Balaban J connectivity index is 2.04. The Morgan fingerprint density at radius 2 is 2.42 bits per heavy atom. The minimum atomic E-state index is -0.234. The molecule has 0 radical (unpaired) electrons. The van der Waals surface area contributed by atoms with Gasteiger partial charge in [0.05, 0.1) is 13.2 Å². The molecule has 1 heterocycles. The minimum absolute atomic E-state index is 0.204. The Morgan fingerprint density at radius 1 is 1.58 bits per heavy atom. The molecule has 12 heavy (non-hydrogen) atoms. The third-order valence-corrected chi connectivity index (χ3v) is 2.73. The van der Waals surface area contributed by atoms with Crippen molar-refractivity contribution in [3.05, 3.63) is 0 Å². The predicted octanol–water partition coefficient (Wildman–Crippen LogP) is 0.231. The van der Waals surface area contributed by atoms with Crippen molar-refractivity contribution >= 4 is 5.97 Å². The molecule has 2 rings (SSSR count). The van der Waals surface area contributed by atoms with Crippen molar-refractivity contribution in [3.8, 4) is 0 Å². The summed E-state index contributed by atoms with van der Waals surface area (Å²) >= 11 is 0. The van der Waals surface area contributed by atoms with Crippen LogP contribution in [0.15, 0.2) is 0 Å². The van der Waals surface area contributed by atoms with E-state index in [9.17, 15) is 4.79 Å². The van der Waals surface area contributed by atoms with E-state index in [1.54, 1.807) is 0 Å². The molecule has 0 bridgehead atoms. The van der Waals surface area contributed by atoms with Crippen LogP contribution < -0.4 is 5.48 Å². The third kappa shape index (κ3) is 1.11.